The Morgan fingerprint density at radius 1 is 0.952 bits per heavy atom. The van der Waals surface area contributed by atoms with Crippen LogP contribution in [0.1, 0.15) is 18.1 Å². The van der Waals surface area contributed by atoms with Gasteiger partial charge in [-0.1, -0.05) is 76.6 Å². The van der Waals surface area contributed by atoms with Crippen molar-refractivity contribution < 1.29 is 4.79 Å². The van der Waals surface area contributed by atoms with Crippen molar-refractivity contribution in [2.45, 2.75) is 26.1 Å². The Labute approximate surface area is 134 Å². The van der Waals surface area contributed by atoms with Crippen molar-refractivity contribution in [1.29, 1.82) is 0 Å². The molecule has 0 aromatic heterocycles. The molecule has 0 aliphatic rings. The molecule has 1 unspecified atom stereocenters. The van der Waals surface area contributed by atoms with Gasteiger partial charge in [0.1, 0.15) is 0 Å². The van der Waals surface area contributed by atoms with Crippen LogP contribution in [0.4, 0.5) is 0 Å². The standard InChI is InChI=1S/C18H20BrNO/c1-15(18(21)12-19)20(13-16-8-4-2-5-9-16)14-17-10-6-3-7-11-17/h2-11,15H,12-14H2,1H3. The molecular formula is C18H20BrNO. The summed E-state index contributed by atoms with van der Waals surface area (Å²) in [6, 6.07) is 20.5. The van der Waals surface area contributed by atoms with E-state index >= 15 is 0 Å². The summed E-state index contributed by atoms with van der Waals surface area (Å²) >= 11 is 3.28. The van der Waals surface area contributed by atoms with Gasteiger partial charge >= 0.3 is 0 Å². The second-order valence-corrected chi connectivity index (χ2v) is 5.71. The molecular weight excluding hydrogens is 326 g/mol. The van der Waals surface area contributed by atoms with Crippen LogP contribution in [0.2, 0.25) is 0 Å². The molecule has 0 N–H and O–H groups in total. The van der Waals surface area contributed by atoms with Crippen molar-refractivity contribution in [2.24, 2.45) is 0 Å². The summed E-state index contributed by atoms with van der Waals surface area (Å²) in [6.07, 6.45) is 0. The zero-order chi connectivity index (χ0) is 15.1. The third-order valence-corrected chi connectivity index (χ3v) is 4.16. The smallest absolute Gasteiger partial charge is 0.160 e. The number of halogens is 1. The van der Waals surface area contributed by atoms with Gasteiger partial charge < -0.3 is 0 Å². The number of alkyl halides is 1. The number of ketones is 1. The summed E-state index contributed by atoms with van der Waals surface area (Å²) in [6.45, 7) is 3.53. The Morgan fingerprint density at radius 2 is 1.38 bits per heavy atom. The third kappa shape index (κ3) is 4.80. The highest BCUT2D eigenvalue weighted by Gasteiger charge is 2.20. The predicted octanol–water partition coefficient (Wildman–Crippen LogP) is 4.04. The van der Waals surface area contributed by atoms with Gasteiger partial charge in [0, 0.05) is 13.1 Å². The Kier molecular flexibility index (Phi) is 6.15. The molecule has 0 saturated heterocycles. The molecule has 0 bridgehead atoms. The molecule has 2 aromatic carbocycles. The molecule has 2 nitrogen and oxygen atoms in total. The van der Waals surface area contributed by atoms with Crippen LogP contribution in [0.25, 0.3) is 0 Å². The number of rotatable bonds is 7. The van der Waals surface area contributed by atoms with Crippen LogP contribution in [-0.4, -0.2) is 22.1 Å². The van der Waals surface area contributed by atoms with Crippen LogP contribution < -0.4 is 0 Å². The normalized spacial score (nSPS) is 12.3. The fraction of sp³-hybridized carbons (Fsp3) is 0.278. The van der Waals surface area contributed by atoms with E-state index in [0.29, 0.717) is 5.33 Å². The first-order valence-electron chi connectivity index (χ1n) is 7.11. The minimum Gasteiger partial charge on any atom is -0.297 e. The fourth-order valence-electron chi connectivity index (χ4n) is 2.28. The van der Waals surface area contributed by atoms with Crippen molar-refractivity contribution >= 4 is 21.7 Å². The molecule has 0 spiro atoms. The van der Waals surface area contributed by atoms with Crippen LogP contribution in [0, 0.1) is 0 Å². The van der Waals surface area contributed by atoms with E-state index in [9.17, 15) is 4.79 Å². The number of Topliss-reactive ketones (excluding diaryl/α,β-unsaturated/α-hetero) is 1. The lowest BCUT2D eigenvalue weighted by atomic mass is 10.1. The highest BCUT2D eigenvalue weighted by molar-refractivity contribution is 9.09. The number of carbonyl (C=O) groups is 1. The maximum atomic E-state index is 12.0. The summed E-state index contributed by atoms with van der Waals surface area (Å²) < 4.78 is 0. The average molecular weight is 346 g/mol. The fourth-order valence-corrected chi connectivity index (χ4v) is 2.75. The first-order valence-corrected chi connectivity index (χ1v) is 8.23. The van der Waals surface area contributed by atoms with Crippen LogP contribution in [0.3, 0.4) is 0 Å². The Morgan fingerprint density at radius 3 is 1.76 bits per heavy atom. The molecule has 21 heavy (non-hydrogen) atoms. The molecule has 0 aliphatic carbocycles. The van der Waals surface area contributed by atoms with E-state index in [0.717, 1.165) is 13.1 Å². The molecule has 3 heteroatoms. The minimum absolute atomic E-state index is 0.107. The van der Waals surface area contributed by atoms with Gasteiger partial charge in [0.05, 0.1) is 11.4 Å². The van der Waals surface area contributed by atoms with Gasteiger partial charge in [-0.3, -0.25) is 9.69 Å². The van der Waals surface area contributed by atoms with Gasteiger partial charge in [-0.05, 0) is 18.1 Å². The maximum absolute atomic E-state index is 12.0. The van der Waals surface area contributed by atoms with Crippen LogP contribution in [0.5, 0.6) is 0 Å². The summed E-state index contributed by atoms with van der Waals surface area (Å²) in [5, 5.41) is 0.397. The summed E-state index contributed by atoms with van der Waals surface area (Å²) in [7, 11) is 0. The molecule has 0 fully saturated rings. The zero-order valence-electron chi connectivity index (χ0n) is 12.2. The molecule has 2 rings (SSSR count). The second-order valence-electron chi connectivity index (χ2n) is 5.15. The highest BCUT2D eigenvalue weighted by Crippen LogP contribution is 2.14. The second kappa shape index (κ2) is 8.11. The van der Waals surface area contributed by atoms with Crippen molar-refractivity contribution in [3.05, 3.63) is 71.8 Å². The van der Waals surface area contributed by atoms with E-state index in [2.05, 4.69) is 45.1 Å². The molecule has 0 radical (unpaired) electrons. The molecule has 0 amide bonds. The monoisotopic (exact) mass is 345 g/mol. The van der Waals surface area contributed by atoms with Crippen molar-refractivity contribution in [2.75, 3.05) is 5.33 Å². The van der Waals surface area contributed by atoms with E-state index < -0.39 is 0 Å². The topological polar surface area (TPSA) is 20.3 Å². The Hall–Kier alpha value is -1.45. The Bertz CT molecular complexity index is 514. The van der Waals surface area contributed by atoms with Gasteiger partial charge in [-0.25, -0.2) is 0 Å². The number of hydrogen-bond acceptors (Lipinski definition) is 2. The van der Waals surface area contributed by atoms with Crippen LogP contribution in [-0.2, 0) is 17.9 Å². The van der Waals surface area contributed by atoms with E-state index in [4.69, 9.17) is 0 Å². The molecule has 110 valence electrons. The van der Waals surface area contributed by atoms with E-state index in [1.54, 1.807) is 0 Å². The van der Waals surface area contributed by atoms with E-state index in [1.165, 1.54) is 11.1 Å². The summed E-state index contributed by atoms with van der Waals surface area (Å²) in [5.74, 6) is 0.210. The summed E-state index contributed by atoms with van der Waals surface area (Å²) in [5.41, 5.74) is 2.45. The highest BCUT2D eigenvalue weighted by atomic mass is 79.9. The van der Waals surface area contributed by atoms with E-state index in [-0.39, 0.29) is 11.8 Å². The Balaban J connectivity index is 2.15. The molecule has 0 aliphatic heterocycles. The number of nitrogens with zero attached hydrogens (tertiary/aromatic N) is 1. The minimum atomic E-state index is -0.107. The van der Waals surface area contributed by atoms with Gasteiger partial charge in [-0.2, -0.15) is 0 Å². The molecule has 0 heterocycles. The van der Waals surface area contributed by atoms with Crippen LogP contribution in [0.15, 0.2) is 60.7 Å². The summed E-state index contributed by atoms with van der Waals surface area (Å²) in [4.78, 5) is 14.3. The lowest BCUT2D eigenvalue weighted by Crippen LogP contribution is -2.38. The largest absolute Gasteiger partial charge is 0.297 e. The molecule has 1 atom stereocenters. The van der Waals surface area contributed by atoms with Gasteiger partial charge in [-0.15, -0.1) is 0 Å². The van der Waals surface area contributed by atoms with Crippen LogP contribution >= 0.6 is 15.9 Å². The average Bonchev–Trinajstić information content (AvgIpc) is 2.54. The van der Waals surface area contributed by atoms with E-state index in [1.807, 2.05) is 43.3 Å². The third-order valence-electron chi connectivity index (χ3n) is 3.60. The van der Waals surface area contributed by atoms with Gasteiger partial charge in [0.25, 0.3) is 0 Å². The SMILES string of the molecule is CC(C(=O)CBr)N(Cc1ccccc1)Cc1ccccc1. The quantitative estimate of drug-likeness (QED) is 0.705. The maximum Gasteiger partial charge on any atom is 0.160 e. The lowest BCUT2D eigenvalue weighted by molar-refractivity contribution is -0.121. The van der Waals surface area contributed by atoms with Gasteiger partial charge in [0.2, 0.25) is 0 Å². The first kappa shape index (κ1) is 15.9. The molecule has 0 saturated carbocycles. The van der Waals surface area contributed by atoms with Crippen molar-refractivity contribution in [3.8, 4) is 0 Å². The first-order chi connectivity index (χ1) is 10.2. The number of hydrogen-bond donors (Lipinski definition) is 0. The number of benzene rings is 2. The zero-order valence-corrected chi connectivity index (χ0v) is 13.8. The lowest BCUT2D eigenvalue weighted by Gasteiger charge is -2.28. The van der Waals surface area contributed by atoms with Crippen molar-refractivity contribution in [3.63, 3.8) is 0 Å². The molecule has 2 aromatic rings. The van der Waals surface area contributed by atoms with Gasteiger partial charge in [0.15, 0.2) is 5.78 Å². The number of carbonyl (C=O) groups excluding carboxylic acids is 1. The van der Waals surface area contributed by atoms with Crippen molar-refractivity contribution in [1.82, 2.24) is 4.90 Å². The predicted molar refractivity (Wildman–Crippen MR) is 90.4 cm³/mol.